The molecule has 0 bridgehead atoms. The molecule has 0 spiro atoms. The highest BCUT2D eigenvalue weighted by molar-refractivity contribution is 6.15. The van der Waals surface area contributed by atoms with Crippen LogP contribution >= 0.6 is 0 Å². The van der Waals surface area contributed by atoms with Gasteiger partial charge < -0.3 is 18.3 Å². The van der Waals surface area contributed by atoms with Crippen molar-refractivity contribution in [1.82, 2.24) is 18.3 Å². The van der Waals surface area contributed by atoms with Gasteiger partial charge in [0.15, 0.2) is 0 Å². The molecule has 0 radical (unpaired) electrons. The Morgan fingerprint density at radius 1 is 0.250 bits per heavy atom. The molecule has 12 rings (SSSR count). The van der Waals surface area contributed by atoms with Crippen LogP contribution in [-0.2, 0) is 0 Å². The average Bonchev–Trinajstić information content (AvgIpc) is 4.03. The van der Waals surface area contributed by atoms with E-state index in [1.165, 1.54) is 71.0 Å². The molecule has 12 aromatic rings. The predicted octanol–water partition coefficient (Wildman–Crippen LogP) is 13.4. The number of para-hydroxylation sites is 4. The first-order chi connectivity index (χ1) is 27.8. The minimum absolute atomic E-state index is 1.12. The molecule has 0 N–H and O–H groups in total. The van der Waals surface area contributed by atoms with Gasteiger partial charge in [-0.3, -0.25) is 0 Å². The quantitative estimate of drug-likeness (QED) is 0.169. The highest BCUT2D eigenvalue weighted by Gasteiger charge is 2.20. The lowest BCUT2D eigenvalue weighted by Crippen LogP contribution is -2.00. The van der Waals surface area contributed by atoms with Crippen LogP contribution in [0.15, 0.2) is 207 Å². The molecule has 4 aromatic heterocycles. The molecule has 0 saturated carbocycles. The van der Waals surface area contributed by atoms with Crippen molar-refractivity contribution in [2.75, 3.05) is 0 Å². The van der Waals surface area contributed by atoms with Gasteiger partial charge in [0.05, 0.1) is 33.1 Å². The summed E-state index contributed by atoms with van der Waals surface area (Å²) in [5.74, 6) is 0. The Morgan fingerprint density at radius 3 is 1.16 bits per heavy atom. The van der Waals surface area contributed by atoms with Crippen LogP contribution in [0.4, 0.5) is 0 Å². The highest BCUT2D eigenvalue weighted by Crippen LogP contribution is 2.40. The van der Waals surface area contributed by atoms with Crippen LogP contribution in [0.1, 0.15) is 0 Å². The van der Waals surface area contributed by atoms with Gasteiger partial charge >= 0.3 is 0 Å². The maximum atomic E-state index is 2.47. The SMILES string of the molecule is c1ccc(-c2cc(-n3c4ccccc4c4cc5ccn(-c6ccccc6)c5cc43)cc(-n3c4ccccc4c4cc5ccn(-c6ccccc6)c5cc43)c2)cc1. The summed E-state index contributed by atoms with van der Waals surface area (Å²) in [4.78, 5) is 0. The van der Waals surface area contributed by atoms with E-state index in [9.17, 15) is 0 Å². The zero-order valence-corrected chi connectivity index (χ0v) is 30.4. The average molecular weight is 715 g/mol. The molecule has 4 nitrogen and oxygen atoms in total. The first kappa shape index (κ1) is 30.9. The fourth-order valence-corrected chi connectivity index (χ4v) is 9.03. The molecule has 4 heterocycles. The summed E-state index contributed by atoms with van der Waals surface area (Å²) >= 11 is 0. The fourth-order valence-electron chi connectivity index (χ4n) is 9.03. The van der Waals surface area contributed by atoms with Gasteiger partial charge in [-0.05, 0) is 102 Å². The summed E-state index contributed by atoms with van der Waals surface area (Å²) in [7, 11) is 0. The van der Waals surface area contributed by atoms with Crippen LogP contribution in [0.25, 0.3) is 99.3 Å². The third-order valence-electron chi connectivity index (χ3n) is 11.6. The first-order valence-electron chi connectivity index (χ1n) is 19.2. The Bertz CT molecular complexity index is 3240. The van der Waals surface area contributed by atoms with Crippen LogP contribution < -0.4 is 0 Å². The van der Waals surface area contributed by atoms with Gasteiger partial charge in [-0.1, -0.05) is 103 Å². The van der Waals surface area contributed by atoms with Gasteiger partial charge in [-0.25, -0.2) is 0 Å². The highest BCUT2D eigenvalue weighted by atomic mass is 15.0. The van der Waals surface area contributed by atoms with E-state index in [4.69, 9.17) is 0 Å². The summed E-state index contributed by atoms with van der Waals surface area (Å²) in [5.41, 5.74) is 14.0. The topological polar surface area (TPSA) is 19.7 Å². The van der Waals surface area contributed by atoms with E-state index in [0.29, 0.717) is 0 Å². The number of hydrogen-bond donors (Lipinski definition) is 0. The summed E-state index contributed by atoms with van der Waals surface area (Å²) < 4.78 is 9.53. The maximum absolute atomic E-state index is 2.47. The Balaban J connectivity index is 1.17. The van der Waals surface area contributed by atoms with Crippen LogP contribution in [0, 0.1) is 0 Å². The number of nitrogens with zero attached hydrogens (tertiary/aromatic N) is 4. The second-order valence-electron chi connectivity index (χ2n) is 14.7. The maximum Gasteiger partial charge on any atom is 0.0562 e. The molecule has 56 heavy (non-hydrogen) atoms. The van der Waals surface area contributed by atoms with Crippen molar-refractivity contribution >= 4 is 65.4 Å². The Labute approximate surface area is 322 Å². The normalized spacial score (nSPS) is 11.9. The molecule has 8 aromatic carbocycles. The molecule has 0 aliphatic carbocycles. The van der Waals surface area contributed by atoms with E-state index in [1.807, 2.05) is 0 Å². The molecular formula is C52H34N4. The van der Waals surface area contributed by atoms with E-state index < -0.39 is 0 Å². The third-order valence-corrected chi connectivity index (χ3v) is 11.6. The standard InChI is InChI=1S/C52H34N4/c1-4-14-35(15-5-1)38-28-41(55-47-22-12-10-20-43(47)45-30-36-24-26-53(49(36)33-51(45)55)39-16-6-2-7-17-39)32-42(29-38)56-48-23-13-11-21-44(48)46-31-37-25-27-54(50(37)34-52(46)56)40-18-8-3-9-19-40/h1-34H. The van der Waals surface area contributed by atoms with E-state index in [0.717, 1.165) is 28.3 Å². The summed E-state index contributed by atoms with van der Waals surface area (Å²) in [6.45, 7) is 0. The zero-order valence-electron chi connectivity index (χ0n) is 30.4. The first-order valence-corrected chi connectivity index (χ1v) is 19.2. The van der Waals surface area contributed by atoms with Crippen molar-refractivity contribution in [3.63, 3.8) is 0 Å². The summed E-state index contributed by atoms with van der Waals surface area (Å²) in [6, 6.07) is 70.7. The van der Waals surface area contributed by atoms with E-state index in [-0.39, 0.29) is 0 Å². The van der Waals surface area contributed by atoms with E-state index >= 15 is 0 Å². The van der Waals surface area contributed by atoms with Crippen molar-refractivity contribution in [2.45, 2.75) is 0 Å². The smallest absolute Gasteiger partial charge is 0.0562 e. The molecule has 0 atom stereocenters. The number of fused-ring (bicyclic) bond motifs is 8. The molecule has 0 unspecified atom stereocenters. The lowest BCUT2D eigenvalue weighted by Gasteiger charge is -2.16. The van der Waals surface area contributed by atoms with E-state index in [1.54, 1.807) is 0 Å². The summed E-state index contributed by atoms with van der Waals surface area (Å²) in [5, 5.41) is 7.41. The lowest BCUT2D eigenvalue weighted by molar-refractivity contribution is 1.12. The third kappa shape index (κ3) is 4.60. The number of rotatable bonds is 5. The zero-order chi connectivity index (χ0) is 36.7. The van der Waals surface area contributed by atoms with Crippen LogP contribution in [0.5, 0.6) is 0 Å². The number of benzene rings is 8. The Kier molecular flexibility index (Phi) is 6.60. The van der Waals surface area contributed by atoms with Gasteiger partial charge in [0, 0.05) is 67.5 Å². The van der Waals surface area contributed by atoms with Crippen molar-refractivity contribution in [1.29, 1.82) is 0 Å². The van der Waals surface area contributed by atoms with Crippen LogP contribution in [-0.4, -0.2) is 18.3 Å². The fraction of sp³-hybridized carbons (Fsp3) is 0. The van der Waals surface area contributed by atoms with Gasteiger partial charge in [-0.15, -0.1) is 0 Å². The predicted molar refractivity (Wildman–Crippen MR) is 234 cm³/mol. The van der Waals surface area contributed by atoms with Crippen molar-refractivity contribution in [3.8, 4) is 33.9 Å². The van der Waals surface area contributed by atoms with Crippen LogP contribution in [0.2, 0.25) is 0 Å². The second kappa shape index (κ2) is 12.0. The second-order valence-corrected chi connectivity index (χ2v) is 14.7. The molecule has 0 saturated heterocycles. The molecule has 262 valence electrons. The molecule has 0 fully saturated rings. The van der Waals surface area contributed by atoms with Gasteiger partial charge in [0.25, 0.3) is 0 Å². The van der Waals surface area contributed by atoms with Crippen molar-refractivity contribution in [3.05, 3.63) is 207 Å². The van der Waals surface area contributed by atoms with E-state index in [2.05, 4.69) is 225 Å². The van der Waals surface area contributed by atoms with Crippen molar-refractivity contribution < 1.29 is 0 Å². The Morgan fingerprint density at radius 2 is 0.679 bits per heavy atom. The molecule has 4 heteroatoms. The minimum atomic E-state index is 1.12. The minimum Gasteiger partial charge on any atom is -0.316 e. The monoisotopic (exact) mass is 714 g/mol. The molecule has 0 amide bonds. The lowest BCUT2D eigenvalue weighted by atomic mass is 10.0. The van der Waals surface area contributed by atoms with Crippen LogP contribution in [0.3, 0.4) is 0 Å². The summed E-state index contributed by atoms with van der Waals surface area (Å²) in [6.07, 6.45) is 4.38. The Hall–Kier alpha value is -7.56. The number of hydrogen-bond acceptors (Lipinski definition) is 0. The van der Waals surface area contributed by atoms with Gasteiger partial charge in [-0.2, -0.15) is 0 Å². The van der Waals surface area contributed by atoms with Gasteiger partial charge in [0.1, 0.15) is 0 Å². The molecule has 0 aliphatic rings. The van der Waals surface area contributed by atoms with Crippen molar-refractivity contribution in [2.24, 2.45) is 0 Å². The molecule has 0 aliphatic heterocycles. The molecular weight excluding hydrogens is 681 g/mol. The van der Waals surface area contributed by atoms with Gasteiger partial charge in [0.2, 0.25) is 0 Å². The largest absolute Gasteiger partial charge is 0.316 e. The number of aromatic nitrogens is 4.